The highest BCUT2D eigenvalue weighted by Crippen LogP contribution is 2.39. The number of nitrogens with one attached hydrogen (secondary N) is 2. The van der Waals surface area contributed by atoms with E-state index in [1.807, 2.05) is 230 Å². The number of anilines is 3. The van der Waals surface area contributed by atoms with Gasteiger partial charge in [0.15, 0.2) is 0 Å². The lowest BCUT2D eigenvalue weighted by atomic mass is 10.0. The van der Waals surface area contributed by atoms with Gasteiger partial charge in [-0.3, -0.25) is 33.6 Å². The number of H-pyrrole nitrogens is 1. The van der Waals surface area contributed by atoms with Crippen LogP contribution in [0.25, 0.3) is 143 Å². The summed E-state index contributed by atoms with van der Waals surface area (Å²) in [7, 11) is 0. The van der Waals surface area contributed by atoms with Crippen molar-refractivity contribution in [2.24, 2.45) is 0 Å². The summed E-state index contributed by atoms with van der Waals surface area (Å²) >= 11 is 19.8. The second-order valence-corrected chi connectivity index (χ2v) is 28.4. The number of benzene rings is 13. The summed E-state index contributed by atoms with van der Waals surface area (Å²) in [6.07, 6.45) is 11.6. The molecule has 0 bridgehead atoms. The van der Waals surface area contributed by atoms with Crippen molar-refractivity contribution in [1.82, 2.24) is 39.0 Å². The topological polar surface area (TPSA) is 145 Å². The van der Waals surface area contributed by atoms with E-state index in [1.54, 1.807) is 12.4 Å². The van der Waals surface area contributed by atoms with Crippen LogP contribution in [0.3, 0.4) is 0 Å². The van der Waals surface area contributed by atoms with Crippen molar-refractivity contribution < 1.29 is 10.9 Å². The van der Waals surface area contributed by atoms with Crippen LogP contribution >= 0.6 is 46.1 Å². The van der Waals surface area contributed by atoms with E-state index in [0.717, 1.165) is 128 Å². The molecule has 7 heterocycles. The van der Waals surface area contributed by atoms with Gasteiger partial charge < -0.3 is 16.0 Å². The van der Waals surface area contributed by atoms with Gasteiger partial charge in [-0.2, -0.15) is 0 Å². The summed E-state index contributed by atoms with van der Waals surface area (Å²) in [5.74, 6) is 1.81. The molecule has 0 saturated carbocycles. The number of imidazole rings is 2. The first-order valence-electron chi connectivity index (χ1n) is 35.8. The molecule has 20 rings (SSSR count). The average molecular weight is 1540 g/mol. The molecule has 4 N–H and O–H groups in total. The number of pyridine rings is 3. The first-order valence-corrected chi connectivity index (χ1v) is 37.8. The Morgan fingerprint density at radius 2 is 0.741 bits per heavy atom. The number of fused-ring (bicyclic) bond motifs is 8. The van der Waals surface area contributed by atoms with Gasteiger partial charge in [-0.05, 0) is 226 Å². The smallest absolute Gasteiger partial charge is 0.150 e. The maximum atomic E-state index is 10.4. The van der Waals surface area contributed by atoms with Crippen LogP contribution in [0.1, 0.15) is 11.8 Å². The summed E-state index contributed by atoms with van der Waals surface area (Å²) in [5.41, 5.74) is 29.1. The number of nitrogens with zero attached hydrogens (tertiary/aromatic N) is 7. The van der Waals surface area contributed by atoms with Gasteiger partial charge in [0, 0.05) is 129 Å². The number of carbonyl (C=O) groups is 1. The molecule has 0 aliphatic heterocycles. The minimum absolute atomic E-state index is 0. The Hall–Kier alpha value is -13.7. The van der Waals surface area contributed by atoms with Crippen molar-refractivity contribution in [3.05, 3.63) is 398 Å². The van der Waals surface area contributed by atoms with Gasteiger partial charge in [0.25, 0.3) is 0 Å². The fourth-order valence-corrected chi connectivity index (χ4v) is 14.9. The zero-order valence-electron chi connectivity index (χ0n) is 59.9. The number of aldehydes is 1. The molecule has 0 aliphatic rings. The molecule has 11 nitrogen and oxygen atoms in total. The van der Waals surface area contributed by atoms with E-state index >= 15 is 0 Å². The quantitative estimate of drug-likeness (QED) is 0.0857. The van der Waals surface area contributed by atoms with Crippen LogP contribution in [0.4, 0.5) is 21.8 Å². The third-order valence-corrected chi connectivity index (χ3v) is 20.9. The highest BCUT2D eigenvalue weighted by molar-refractivity contribution is 7.25. The molecular formula is C96H70Cl3FN10OS. The summed E-state index contributed by atoms with van der Waals surface area (Å²) in [6.45, 7) is 0. The van der Waals surface area contributed by atoms with Gasteiger partial charge in [0.1, 0.15) is 17.9 Å². The van der Waals surface area contributed by atoms with Gasteiger partial charge in [-0.15, -0.1) is 11.3 Å². The molecule has 0 spiro atoms. The van der Waals surface area contributed by atoms with E-state index in [4.69, 9.17) is 50.5 Å². The predicted octanol–water partition coefficient (Wildman–Crippen LogP) is 26.8. The molecule has 16 heteroatoms. The van der Waals surface area contributed by atoms with Crippen molar-refractivity contribution >= 4 is 134 Å². The lowest BCUT2D eigenvalue weighted by molar-refractivity contribution is 0.112. The van der Waals surface area contributed by atoms with E-state index in [0.29, 0.717) is 5.56 Å². The summed E-state index contributed by atoms with van der Waals surface area (Å²) < 4.78 is 7.05. The van der Waals surface area contributed by atoms with Crippen LogP contribution < -0.4 is 11.1 Å². The Labute approximate surface area is 666 Å². The van der Waals surface area contributed by atoms with Gasteiger partial charge >= 0.3 is 0 Å². The van der Waals surface area contributed by atoms with E-state index in [-0.39, 0.29) is 6.13 Å². The molecule has 0 unspecified atom stereocenters. The monoisotopic (exact) mass is 1540 g/mol. The number of para-hydroxylation sites is 7. The minimum Gasteiger partial charge on any atom is -0.397 e. The number of hydrogen-bond donors (Lipinski definition) is 3. The maximum Gasteiger partial charge on any atom is 0.150 e. The number of thiophene rings is 1. The van der Waals surface area contributed by atoms with Crippen molar-refractivity contribution in [2.45, 2.75) is 0 Å². The molecule has 544 valence electrons. The molecule has 0 radical (unpaired) electrons. The zero-order valence-corrected chi connectivity index (χ0v) is 63.0. The molecule has 7 aromatic heterocycles. The Bertz CT molecular complexity index is 6280. The molecule has 20 aromatic rings. The van der Waals surface area contributed by atoms with Crippen LogP contribution in [-0.2, 0) is 0 Å². The Kier molecular flexibility index (Phi) is 22.6. The van der Waals surface area contributed by atoms with Gasteiger partial charge in [0.05, 0.1) is 33.4 Å². The third-order valence-electron chi connectivity index (χ3n) is 19.0. The minimum atomic E-state index is 0. The lowest BCUT2D eigenvalue weighted by Crippen LogP contribution is -1.97. The highest BCUT2D eigenvalue weighted by atomic mass is 35.5. The fourth-order valence-electron chi connectivity index (χ4n) is 13.4. The molecule has 112 heavy (non-hydrogen) atoms. The molecule has 0 atom stereocenters. The molecule has 0 fully saturated rings. The molecule has 0 saturated heterocycles. The third kappa shape index (κ3) is 16.6. The second kappa shape index (κ2) is 34.3. The SMILES string of the molecule is Clc1ccc(-n2c(-c3ccc(-c4ccncc4)cc3)nc3ccccc32)cc1.Clc1ccc(-n2c(-c3ccc(-c4ccncc4)cc3)nc3ccccc32)cc1.F.Nc1ccccc1Nc1ccc(Cl)cc1.O=Cc1ccc(-c2ccncc2)cc1.[2HH].c1ccc2c(c1)[nH]c1ccc(-c3ccc4sc5ccccc5c4c3)cc12. The molecule has 13 aromatic carbocycles. The van der Waals surface area contributed by atoms with Crippen LogP contribution in [-0.4, -0.2) is 45.3 Å². The number of halogens is 4. The molecular weight excluding hydrogens is 1470 g/mol. The normalized spacial score (nSPS) is 10.8. The van der Waals surface area contributed by atoms with Gasteiger partial charge in [-0.1, -0.05) is 193 Å². The number of nitrogen functional groups attached to an aromatic ring is 1. The highest BCUT2D eigenvalue weighted by Gasteiger charge is 2.18. The largest absolute Gasteiger partial charge is 0.397 e. The van der Waals surface area contributed by atoms with Crippen molar-refractivity contribution in [1.29, 1.82) is 0 Å². The molecule has 0 amide bonds. The van der Waals surface area contributed by atoms with Gasteiger partial charge in [0.2, 0.25) is 0 Å². The van der Waals surface area contributed by atoms with E-state index in [2.05, 4.69) is 180 Å². The zero-order chi connectivity index (χ0) is 75.4. The number of aromatic amines is 1. The van der Waals surface area contributed by atoms with Crippen molar-refractivity contribution in [2.75, 3.05) is 11.1 Å². The Morgan fingerprint density at radius 1 is 0.357 bits per heavy atom. The number of rotatable bonds is 11. The fraction of sp³-hybridized carbons (Fsp3) is 0. The van der Waals surface area contributed by atoms with Crippen molar-refractivity contribution in [3.63, 3.8) is 0 Å². The first-order chi connectivity index (χ1) is 54.6. The van der Waals surface area contributed by atoms with Gasteiger partial charge in [-0.25, -0.2) is 9.97 Å². The van der Waals surface area contributed by atoms with E-state index in [9.17, 15) is 4.79 Å². The predicted molar refractivity (Wildman–Crippen MR) is 469 cm³/mol. The second-order valence-electron chi connectivity index (χ2n) is 26.0. The summed E-state index contributed by atoms with van der Waals surface area (Å²) in [5, 5.41) is 10.6. The number of aromatic nitrogens is 8. The van der Waals surface area contributed by atoms with Crippen LogP contribution in [0.15, 0.2) is 377 Å². The standard InChI is InChI=1S/2C24H16ClN3.C24H15NS.C12H11ClN2.C12H9NO.FH.H2/c2*25-20-9-11-21(12-10-20)28-23-4-2-1-3-22(23)27-24(28)19-7-5-17(6-8-19)18-13-15-26-16-14-18;1-3-7-21-17(5-1)19-13-15(9-11-22(19)25-21)16-10-12-24-20(14-16)18-6-2-4-8-23(18)26-24;13-9-5-7-10(8-6-9)15-12-4-2-1-3-11(12)14;14-9-10-1-3-11(4-2-10)12-5-7-13-8-6-12;;/h2*1-16H;1-14,25H;1-8,15H,14H2;1-9H;2*1H/i;;;;;;1+1. The maximum absolute atomic E-state index is 10.4. The summed E-state index contributed by atoms with van der Waals surface area (Å²) in [4.78, 5) is 35.9. The molecule has 0 aliphatic carbocycles. The van der Waals surface area contributed by atoms with E-state index < -0.39 is 0 Å². The average Bonchev–Trinajstić information content (AvgIpc) is 1.64. The Balaban J connectivity index is 0.000000120. The lowest BCUT2D eigenvalue weighted by Gasteiger charge is -2.10. The number of nitrogens with two attached hydrogens (primary N) is 1. The van der Waals surface area contributed by atoms with Crippen LogP contribution in [0, 0.1) is 0 Å². The number of hydrogen-bond acceptors (Lipinski definition) is 9. The van der Waals surface area contributed by atoms with Crippen LogP contribution in [0.2, 0.25) is 15.1 Å². The Morgan fingerprint density at radius 3 is 1.25 bits per heavy atom. The number of carbonyl (C=O) groups excluding carboxylic acids is 1. The van der Waals surface area contributed by atoms with Crippen molar-refractivity contribution in [3.8, 4) is 78.7 Å². The first kappa shape index (κ1) is 73.8. The van der Waals surface area contributed by atoms with Crippen LogP contribution in [0.5, 0.6) is 0 Å². The van der Waals surface area contributed by atoms with E-state index in [1.165, 1.54) is 53.1 Å². The summed E-state index contributed by atoms with van der Waals surface area (Å²) in [6, 6.07) is 114.